The lowest BCUT2D eigenvalue weighted by molar-refractivity contribution is -0.129. The fraction of sp³-hybridized carbons (Fsp3) is 0.933. The average molecular weight is 252 g/mol. The molecule has 0 spiro atoms. The molecule has 18 heavy (non-hydrogen) atoms. The molecule has 0 aromatic heterocycles. The van der Waals surface area contributed by atoms with Crippen LogP contribution in [0.5, 0.6) is 0 Å². The molecule has 3 nitrogen and oxygen atoms in total. The SMILES string of the molecule is CC1CCC(NC(=O)C2(C)CCCCN2)C(C)C1. The van der Waals surface area contributed by atoms with Crippen molar-refractivity contribution in [2.45, 2.75) is 70.9 Å². The second-order valence-electron chi connectivity index (χ2n) is 6.69. The molecule has 2 fully saturated rings. The highest BCUT2D eigenvalue weighted by Crippen LogP contribution is 2.29. The van der Waals surface area contributed by atoms with Crippen molar-refractivity contribution in [1.29, 1.82) is 0 Å². The monoisotopic (exact) mass is 252 g/mol. The smallest absolute Gasteiger partial charge is 0.240 e. The van der Waals surface area contributed by atoms with Gasteiger partial charge in [0, 0.05) is 6.04 Å². The molecule has 4 unspecified atom stereocenters. The topological polar surface area (TPSA) is 41.1 Å². The largest absolute Gasteiger partial charge is 0.352 e. The molecule has 2 N–H and O–H groups in total. The molecule has 0 aromatic carbocycles. The van der Waals surface area contributed by atoms with Crippen molar-refractivity contribution in [3.63, 3.8) is 0 Å². The molecule has 4 atom stereocenters. The van der Waals surface area contributed by atoms with Gasteiger partial charge in [0.05, 0.1) is 5.54 Å². The second kappa shape index (κ2) is 5.60. The van der Waals surface area contributed by atoms with E-state index in [1.165, 1.54) is 19.3 Å². The van der Waals surface area contributed by atoms with Crippen LogP contribution in [0.1, 0.15) is 59.3 Å². The predicted octanol–water partition coefficient (Wildman–Crippen LogP) is 2.46. The van der Waals surface area contributed by atoms with E-state index in [1.54, 1.807) is 0 Å². The number of hydrogen-bond acceptors (Lipinski definition) is 2. The minimum Gasteiger partial charge on any atom is -0.352 e. The van der Waals surface area contributed by atoms with Crippen molar-refractivity contribution < 1.29 is 4.79 Å². The highest BCUT2D eigenvalue weighted by atomic mass is 16.2. The van der Waals surface area contributed by atoms with Crippen LogP contribution in [-0.2, 0) is 4.79 Å². The Kier molecular flexibility index (Phi) is 4.31. The lowest BCUT2D eigenvalue weighted by atomic mass is 9.79. The predicted molar refractivity (Wildman–Crippen MR) is 74.4 cm³/mol. The first-order valence-electron chi connectivity index (χ1n) is 7.57. The molecule has 0 bridgehead atoms. The van der Waals surface area contributed by atoms with Gasteiger partial charge >= 0.3 is 0 Å². The average Bonchev–Trinajstić information content (AvgIpc) is 2.33. The van der Waals surface area contributed by atoms with Crippen molar-refractivity contribution in [2.75, 3.05) is 6.54 Å². The molecule has 1 aliphatic carbocycles. The van der Waals surface area contributed by atoms with Crippen LogP contribution in [0.25, 0.3) is 0 Å². The highest BCUT2D eigenvalue weighted by Gasteiger charge is 2.36. The van der Waals surface area contributed by atoms with Gasteiger partial charge in [-0.05, 0) is 63.8 Å². The third-order valence-electron chi connectivity index (χ3n) is 4.87. The zero-order valence-corrected chi connectivity index (χ0v) is 12.1. The fourth-order valence-electron chi connectivity index (χ4n) is 3.46. The third kappa shape index (κ3) is 3.05. The zero-order chi connectivity index (χ0) is 13.2. The van der Waals surface area contributed by atoms with Gasteiger partial charge in [-0.2, -0.15) is 0 Å². The first kappa shape index (κ1) is 13.9. The van der Waals surface area contributed by atoms with Crippen LogP contribution in [-0.4, -0.2) is 24.0 Å². The van der Waals surface area contributed by atoms with Crippen LogP contribution < -0.4 is 10.6 Å². The normalized spacial score (nSPS) is 41.4. The van der Waals surface area contributed by atoms with Crippen LogP contribution in [0.15, 0.2) is 0 Å². The van der Waals surface area contributed by atoms with Crippen molar-refractivity contribution in [3.05, 3.63) is 0 Å². The summed E-state index contributed by atoms with van der Waals surface area (Å²) in [5, 5.41) is 6.69. The molecule has 0 radical (unpaired) electrons. The molecule has 1 saturated heterocycles. The highest BCUT2D eigenvalue weighted by molar-refractivity contribution is 5.86. The quantitative estimate of drug-likeness (QED) is 0.792. The Morgan fingerprint density at radius 2 is 2.06 bits per heavy atom. The van der Waals surface area contributed by atoms with Gasteiger partial charge in [-0.15, -0.1) is 0 Å². The maximum Gasteiger partial charge on any atom is 0.240 e. The van der Waals surface area contributed by atoms with E-state index in [2.05, 4.69) is 31.4 Å². The number of amides is 1. The number of rotatable bonds is 2. The summed E-state index contributed by atoms with van der Waals surface area (Å²) in [5.74, 6) is 1.65. The Morgan fingerprint density at radius 1 is 1.28 bits per heavy atom. The first-order valence-corrected chi connectivity index (χ1v) is 7.57. The van der Waals surface area contributed by atoms with Gasteiger partial charge in [0.25, 0.3) is 0 Å². The van der Waals surface area contributed by atoms with Gasteiger partial charge in [-0.3, -0.25) is 4.79 Å². The Labute approximate surface area is 111 Å². The summed E-state index contributed by atoms with van der Waals surface area (Å²) in [6.07, 6.45) is 6.96. The Bertz CT molecular complexity index is 297. The lowest BCUT2D eigenvalue weighted by Crippen LogP contribution is -2.59. The Hall–Kier alpha value is -0.570. The number of hydrogen-bond donors (Lipinski definition) is 2. The maximum atomic E-state index is 12.4. The number of carbonyl (C=O) groups is 1. The molecule has 1 saturated carbocycles. The molecule has 2 rings (SSSR count). The van der Waals surface area contributed by atoms with Gasteiger partial charge < -0.3 is 10.6 Å². The van der Waals surface area contributed by atoms with E-state index in [9.17, 15) is 4.79 Å². The molecular formula is C15H28N2O. The standard InChI is InChI=1S/C15H28N2O/c1-11-6-7-13(12(2)10-11)17-14(18)15(3)8-4-5-9-16-15/h11-13,16H,4-10H2,1-3H3,(H,17,18). The number of carbonyl (C=O) groups excluding carboxylic acids is 1. The van der Waals surface area contributed by atoms with Gasteiger partial charge in [0.1, 0.15) is 0 Å². The zero-order valence-electron chi connectivity index (χ0n) is 12.1. The fourth-order valence-corrected chi connectivity index (χ4v) is 3.46. The minimum absolute atomic E-state index is 0.216. The molecule has 1 aliphatic heterocycles. The second-order valence-corrected chi connectivity index (χ2v) is 6.69. The van der Waals surface area contributed by atoms with Gasteiger partial charge in [-0.1, -0.05) is 13.8 Å². The summed E-state index contributed by atoms with van der Waals surface area (Å²) in [6, 6.07) is 0.384. The Balaban J connectivity index is 1.90. The maximum absolute atomic E-state index is 12.4. The Morgan fingerprint density at radius 3 is 2.67 bits per heavy atom. The van der Waals surface area contributed by atoms with E-state index in [0.717, 1.165) is 31.7 Å². The van der Waals surface area contributed by atoms with E-state index in [4.69, 9.17) is 0 Å². The van der Waals surface area contributed by atoms with Crippen molar-refractivity contribution in [2.24, 2.45) is 11.8 Å². The third-order valence-corrected chi connectivity index (χ3v) is 4.87. The summed E-state index contributed by atoms with van der Waals surface area (Å²) in [5.41, 5.74) is -0.332. The molecule has 104 valence electrons. The minimum atomic E-state index is -0.332. The molecule has 1 amide bonds. The molecule has 1 heterocycles. The molecule has 2 aliphatic rings. The van der Waals surface area contributed by atoms with Gasteiger partial charge in [0.15, 0.2) is 0 Å². The van der Waals surface area contributed by atoms with E-state index < -0.39 is 0 Å². The van der Waals surface area contributed by atoms with Crippen LogP contribution in [0.3, 0.4) is 0 Å². The number of piperidine rings is 1. The van der Waals surface area contributed by atoms with Crippen LogP contribution in [0, 0.1) is 11.8 Å². The molecule has 3 heteroatoms. The van der Waals surface area contributed by atoms with Crippen molar-refractivity contribution in [3.8, 4) is 0 Å². The first-order chi connectivity index (χ1) is 8.51. The van der Waals surface area contributed by atoms with Crippen LogP contribution in [0.2, 0.25) is 0 Å². The van der Waals surface area contributed by atoms with Crippen LogP contribution >= 0.6 is 0 Å². The molecular weight excluding hydrogens is 224 g/mol. The van der Waals surface area contributed by atoms with E-state index in [-0.39, 0.29) is 11.4 Å². The van der Waals surface area contributed by atoms with E-state index >= 15 is 0 Å². The van der Waals surface area contributed by atoms with Crippen molar-refractivity contribution >= 4 is 5.91 Å². The summed E-state index contributed by atoms with van der Waals surface area (Å²) < 4.78 is 0. The number of nitrogens with one attached hydrogen (secondary N) is 2. The van der Waals surface area contributed by atoms with E-state index in [1.807, 2.05) is 0 Å². The van der Waals surface area contributed by atoms with Crippen LogP contribution in [0.4, 0.5) is 0 Å². The van der Waals surface area contributed by atoms with Gasteiger partial charge in [0.2, 0.25) is 5.91 Å². The summed E-state index contributed by atoms with van der Waals surface area (Å²) in [7, 11) is 0. The van der Waals surface area contributed by atoms with Gasteiger partial charge in [-0.25, -0.2) is 0 Å². The lowest BCUT2D eigenvalue weighted by Gasteiger charge is -2.38. The molecule has 0 aromatic rings. The van der Waals surface area contributed by atoms with Crippen molar-refractivity contribution in [1.82, 2.24) is 10.6 Å². The summed E-state index contributed by atoms with van der Waals surface area (Å²) in [4.78, 5) is 12.4. The van der Waals surface area contributed by atoms with E-state index in [0.29, 0.717) is 12.0 Å². The summed E-state index contributed by atoms with van der Waals surface area (Å²) >= 11 is 0. The summed E-state index contributed by atoms with van der Waals surface area (Å²) in [6.45, 7) is 7.62.